The summed E-state index contributed by atoms with van der Waals surface area (Å²) in [4.78, 5) is 0. The SMILES string of the molecule is CC(Cl)C=CSSC=CC(C)Cl. The minimum atomic E-state index is 0.106. The second kappa shape index (κ2) is 8.36. The molecule has 0 aromatic rings. The molecule has 0 aromatic heterocycles. The number of halogens is 2. The lowest BCUT2D eigenvalue weighted by Crippen LogP contribution is -1.78. The molecule has 0 aromatic carbocycles. The van der Waals surface area contributed by atoms with E-state index < -0.39 is 0 Å². The highest BCUT2D eigenvalue weighted by Crippen LogP contribution is 2.24. The fourth-order valence-corrected chi connectivity index (χ4v) is 2.16. The first-order chi connectivity index (χ1) is 5.63. The fourth-order valence-electron chi connectivity index (χ4n) is 0.345. The van der Waals surface area contributed by atoms with E-state index in [9.17, 15) is 0 Å². The van der Waals surface area contributed by atoms with Gasteiger partial charge in [0.05, 0.1) is 0 Å². The second-order valence-electron chi connectivity index (χ2n) is 2.20. The zero-order valence-corrected chi connectivity index (χ0v) is 10.2. The summed E-state index contributed by atoms with van der Waals surface area (Å²) in [7, 11) is 3.26. The van der Waals surface area contributed by atoms with Crippen molar-refractivity contribution in [1.29, 1.82) is 0 Å². The van der Waals surface area contributed by atoms with Crippen LogP contribution in [-0.2, 0) is 0 Å². The third kappa shape index (κ3) is 10.8. The van der Waals surface area contributed by atoms with Gasteiger partial charge in [-0.15, -0.1) is 23.2 Å². The fraction of sp³-hybridized carbons (Fsp3) is 0.500. The smallest absolute Gasteiger partial charge is 0.0495 e. The van der Waals surface area contributed by atoms with Crippen LogP contribution in [0.4, 0.5) is 0 Å². The Morgan fingerprint density at radius 1 is 0.917 bits per heavy atom. The first-order valence-corrected chi connectivity index (χ1v) is 6.71. The van der Waals surface area contributed by atoms with Crippen LogP contribution in [0, 0.1) is 0 Å². The van der Waals surface area contributed by atoms with Gasteiger partial charge in [0.15, 0.2) is 0 Å². The molecule has 0 saturated heterocycles. The second-order valence-corrected chi connectivity index (χ2v) is 5.67. The Hall–Kier alpha value is 0.760. The van der Waals surface area contributed by atoms with Crippen molar-refractivity contribution in [2.45, 2.75) is 24.6 Å². The van der Waals surface area contributed by atoms with E-state index in [1.54, 1.807) is 21.6 Å². The van der Waals surface area contributed by atoms with Crippen molar-refractivity contribution in [3.05, 3.63) is 23.0 Å². The average molecular weight is 243 g/mol. The predicted octanol–water partition coefficient (Wildman–Crippen LogP) is 4.65. The van der Waals surface area contributed by atoms with Crippen LogP contribution in [0.5, 0.6) is 0 Å². The summed E-state index contributed by atoms with van der Waals surface area (Å²) >= 11 is 11.4. The molecular formula is C8H12Cl2S2. The molecule has 0 radical (unpaired) electrons. The lowest BCUT2D eigenvalue weighted by Gasteiger charge is -1.91. The molecule has 2 unspecified atom stereocenters. The summed E-state index contributed by atoms with van der Waals surface area (Å²) in [5.41, 5.74) is 0. The molecule has 0 N–H and O–H groups in total. The molecule has 0 aliphatic carbocycles. The van der Waals surface area contributed by atoms with Crippen LogP contribution in [-0.4, -0.2) is 10.8 Å². The van der Waals surface area contributed by atoms with Gasteiger partial charge in [-0.1, -0.05) is 33.7 Å². The number of rotatable bonds is 5. The molecule has 0 spiro atoms. The minimum Gasteiger partial charge on any atom is -0.119 e. The molecule has 0 rings (SSSR count). The van der Waals surface area contributed by atoms with Gasteiger partial charge in [-0.05, 0) is 24.7 Å². The summed E-state index contributed by atoms with van der Waals surface area (Å²) in [6.45, 7) is 3.86. The average Bonchev–Trinajstić information content (AvgIpc) is 1.95. The van der Waals surface area contributed by atoms with Crippen molar-refractivity contribution in [2.24, 2.45) is 0 Å². The zero-order chi connectivity index (χ0) is 9.40. The van der Waals surface area contributed by atoms with E-state index in [0.29, 0.717) is 0 Å². The molecule has 0 amide bonds. The van der Waals surface area contributed by atoms with Gasteiger partial charge in [-0.25, -0.2) is 0 Å². The van der Waals surface area contributed by atoms with Gasteiger partial charge < -0.3 is 0 Å². The normalized spacial score (nSPS) is 17.3. The summed E-state index contributed by atoms with van der Waals surface area (Å²) in [6, 6.07) is 0. The van der Waals surface area contributed by atoms with E-state index in [2.05, 4.69) is 0 Å². The van der Waals surface area contributed by atoms with Crippen LogP contribution in [0.15, 0.2) is 23.0 Å². The third-order valence-electron chi connectivity index (χ3n) is 0.854. The van der Waals surface area contributed by atoms with Gasteiger partial charge in [0.25, 0.3) is 0 Å². The first-order valence-electron chi connectivity index (χ1n) is 3.56. The molecule has 2 atom stereocenters. The largest absolute Gasteiger partial charge is 0.119 e. The van der Waals surface area contributed by atoms with Gasteiger partial charge >= 0.3 is 0 Å². The molecule has 0 heterocycles. The van der Waals surface area contributed by atoms with E-state index in [4.69, 9.17) is 23.2 Å². The Morgan fingerprint density at radius 3 is 1.50 bits per heavy atom. The first kappa shape index (κ1) is 12.8. The highest BCUT2D eigenvalue weighted by Gasteiger charge is 1.87. The van der Waals surface area contributed by atoms with Gasteiger partial charge in [-0.3, -0.25) is 0 Å². The lowest BCUT2D eigenvalue weighted by molar-refractivity contribution is 1.24. The Kier molecular flexibility index (Phi) is 8.89. The summed E-state index contributed by atoms with van der Waals surface area (Å²) < 4.78 is 0. The molecule has 0 nitrogen and oxygen atoms in total. The standard InChI is InChI=1S/C8H12Cl2S2/c1-7(9)3-5-11-12-6-4-8(2)10/h3-8H,1-2H3. The Bertz CT molecular complexity index is 135. The van der Waals surface area contributed by atoms with Crippen LogP contribution in [0.25, 0.3) is 0 Å². The van der Waals surface area contributed by atoms with E-state index in [1.165, 1.54) is 0 Å². The maximum Gasteiger partial charge on any atom is 0.0495 e. The lowest BCUT2D eigenvalue weighted by atomic mass is 10.5. The van der Waals surface area contributed by atoms with E-state index in [0.717, 1.165) is 0 Å². The molecule has 0 bridgehead atoms. The Morgan fingerprint density at radius 2 is 1.25 bits per heavy atom. The van der Waals surface area contributed by atoms with Crippen molar-refractivity contribution in [3.8, 4) is 0 Å². The molecule has 0 saturated carbocycles. The summed E-state index contributed by atoms with van der Waals surface area (Å²) in [5.74, 6) is 0. The van der Waals surface area contributed by atoms with E-state index >= 15 is 0 Å². The maximum atomic E-state index is 5.69. The topological polar surface area (TPSA) is 0 Å². The molecule has 12 heavy (non-hydrogen) atoms. The molecule has 4 heteroatoms. The molecule has 0 aliphatic heterocycles. The summed E-state index contributed by atoms with van der Waals surface area (Å²) in [5, 5.41) is 4.17. The number of hydrogen-bond donors (Lipinski definition) is 0. The molecule has 0 aliphatic rings. The Balaban J connectivity index is 3.32. The van der Waals surface area contributed by atoms with Crippen LogP contribution < -0.4 is 0 Å². The predicted molar refractivity (Wildman–Crippen MR) is 64.1 cm³/mol. The number of allylic oxidation sites excluding steroid dienone is 2. The molecule has 0 fully saturated rings. The minimum absolute atomic E-state index is 0.106. The van der Waals surface area contributed by atoms with Crippen molar-refractivity contribution < 1.29 is 0 Å². The monoisotopic (exact) mass is 242 g/mol. The summed E-state index contributed by atoms with van der Waals surface area (Å²) in [6.07, 6.45) is 3.88. The van der Waals surface area contributed by atoms with E-state index in [1.807, 2.05) is 36.8 Å². The van der Waals surface area contributed by atoms with Crippen LogP contribution in [0.1, 0.15) is 13.8 Å². The third-order valence-corrected chi connectivity index (χ3v) is 2.79. The van der Waals surface area contributed by atoms with Crippen LogP contribution in [0.2, 0.25) is 0 Å². The maximum absolute atomic E-state index is 5.69. The van der Waals surface area contributed by atoms with Crippen LogP contribution >= 0.6 is 44.8 Å². The van der Waals surface area contributed by atoms with Gasteiger partial charge in [0.1, 0.15) is 0 Å². The highest BCUT2D eigenvalue weighted by molar-refractivity contribution is 8.78. The number of alkyl halides is 2. The number of hydrogen-bond acceptors (Lipinski definition) is 2. The van der Waals surface area contributed by atoms with Crippen molar-refractivity contribution in [3.63, 3.8) is 0 Å². The highest BCUT2D eigenvalue weighted by atomic mass is 35.5. The van der Waals surface area contributed by atoms with Gasteiger partial charge in [0.2, 0.25) is 0 Å². The van der Waals surface area contributed by atoms with Crippen molar-refractivity contribution >= 4 is 44.8 Å². The van der Waals surface area contributed by atoms with E-state index in [-0.39, 0.29) is 10.8 Å². The van der Waals surface area contributed by atoms with Crippen LogP contribution in [0.3, 0.4) is 0 Å². The van der Waals surface area contributed by atoms with Crippen molar-refractivity contribution in [1.82, 2.24) is 0 Å². The zero-order valence-electron chi connectivity index (χ0n) is 7.04. The van der Waals surface area contributed by atoms with Gasteiger partial charge in [-0.2, -0.15) is 0 Å². The Labute approximate surface area is 92.2 Å². The molecule has 70 valence electrons. The quantitative estimate of drug-likeness (QED) is 0.391. The van der Waals surface area contributed by atoms with Gasteiger partial charge in [0, 0.05) is 10.8 Å². The molecular weight excluding hydrogens is 231 g/mol. The van der Waals surface area contributed by atoms with Crippen molar-refractivity contribution in [2.75, 3.05) is 0 Å².